The van der Waals surface area contributed by atoms with Gasteiger partial charge in [-0.3, -0.25) is 4.72 Å². The van der Waals surface area contributed by atoms with Crippen LogP contribution in [0.15, 0.2) is 100 Å². The van der Waals surface area contributed by atoms with Gasteiger partial charge in [-0.25, -0.2) is 13.4 Å². The Bertz CT molecular complexity index is 1600. The summed E-state index contributed by atoms with van der Waals surface area (Å²) in [6.45, 7) is 2.59. The van der Waals surface area contributed by atoms with E-state index in [0.717, 1.165) is 38.3 Å². The van der Waals surface area contributed by atoms with Crippen molar-refractivity contribution in [1.29, 1.82) is 0 Å². The lowest BCUT2D eigenvalue weighted by Gasteiger charge is -2.13. The van der Waals surface area contributed by atoms with Crippen molar-refractivity contribution in [2.75, 3.05) is 10.0 Å². The molecule has 2 N–H and O–H groups in total. The molecule has 0 saturated carbocycles. The van der Waals surface area contributed by atoms with Crippen molar-refractivity contribution in [3.63, 3.8) is 0 Å². The number of halogens is 1. The highest BCUT2D eigenvalue weighted by molar-refractivity contribution is 9.10. The van der Waals surface area contributed by atoms with Gasteiger partial charge in [-0.05, 0) is 58.2 Å². The van der Waals surface area contributed by atoms with Crippen LogP contribution in [0.1, 0.15) is 11.1 Å². The van der Waals surface area contributed by atoms with Gasteiger partial charge < -0.3 is 5.32 Å². The minimum absolute atomic E-state index is 0.224. The predicted octanol–water partition coefficient (Wildman–Crippen LogP) is 5.88. The minimum Gasteiger partial charge on any atom is -0.366 e. The van der Waals surface area contributed by atoms with E-state index in [1.807, 2.05) is 30.3 Å². The number of nitrogens with one attached hydrogen (secondary N) is 2. The van der Waals surface area contributed by atoms with E-state index in [-0.39, 0.29) is 4.90 Å². The number of aryl methyl sites for hydroxylation is 1. The lowest BCUT2D eigenvalue weighted by Crippen LogP contribution is -2.12. The molecular weight excluding hydrogens is 526 g/mol. The first-order valence-corrected chi connectivity index (χ1v) is 13.2. The molecule has 0 saturated heterocycles. The largest absolute Gasteiger partial charge is 0.366 e. The number of fused-ring (bicyclic) bond motifs is 1. The van der Waals surface area contributed by atoms with Crippen molar-refractivity contribution in [2.45, 2.75) is 18.4 Å². The Morgan fingerprint density at radius 2 is 1.66 bits per heavy atom. The topological polar surface area (TPSA) is 88.4 Å². The molecule has 0 spiro atoms. The zero-order valence-electron chi connectivity index (χ0n) is 18.8. The van der Waals surface area contributed by atoms with Crippen molar-refractivity contribution >= 4 is 43.1 Å². The van der Waals surface area contributed by atoms with E-state index in [0.29, 0.717) is 12.2 Å². The number of rotatable bonds is 7. The van der Waals surface area contributed by atoms with Crippen LogP contribution in [0, 0.1) is 6.92 Å². The number of hydrogen-bond donors (Lipinski definition) is 2. The fourth-order valence-electron chi connectivity index (χ4n) is 3.76. The first kappa shape index (κ1) is 23.1. The van der Waals surface area contributed by atoms with Crippen molar-refractivity contribution in [2.24, 2.45) is 0 Å². The van der Waals surface area contributed by atoms with Crippen LogP contribution in [0.5, 0.6) is 0 Å². The highest BCUT2D eigenvalue weighted by Gasteiger charge is 2.14. The molecule has 0 aliphatic rings. The fraction of sp³-hybridized carbons (Fsp3) is 0.0769. The number of benzene rings is 3. The summed E-state index contributed by atoms with van der Waals surface area (Å²) >= 11 is 3.54. The molecular formula is C26H22BrN5O2S. The maximum Gasteiger partial charge on any atom is 0.261 e. The normalized spacial score (nSPS) is 11.5. The van der Waals surface area contributed by atoms with Crippen molar-refractivity contribution in [1.82, 2.24) is 14.6 Å². The highest BCUT2D eigenvalue weighted by atomic mass is 79.9. The summed E-state index contributed by atoms with van der Waals surface area (Å²) in [6.07, 6.45) is 1.72. The van der Waals surface area contributed by atoms with Gasteiger partial charge in [0, 0.05) is 23.9 Å². The van der Waals surface area contributed by atoms with Crippen LogP contribution in [0.4, 0.5) is 11.5 Å². The third-order valence-corrected chi connectivity index (χ3v) is 7.54. The molecule has 0 atom stereocenters. The van der Waals surface area contributed by atoms with Crippen LogP contribution in [0.25, 0.3) is 16.9 Å². The molecule has 2 heterocycles. The summed E-state index contributed by atoms with van der Waals surface area (Å²) in [7, 11) is -3.63. The van der Waals surface area contributed by atoms with Gasteiger partial charge in [-0.1, -0.05) is 54.6 Å². The van der Waals surface area contributed by atoms with Gasteiger partial charge in [0.1, 0.15) is 5.82 Å². The quantitative estimate of drug-likeness (QED) is 0.265. The van der Waals surface area contributed by atoms with E-state index in [4.69, 9.17) is 4.98 Å². The zero-order chi connectivity index (χ0) is 24.4. The summed E-state index contributed by atoms with van der Waals surface area (Å²) in [5.74, 6) is 0.799. The second-order valence-electron chi connectivity index (χ2n) is 8.04. The third kappa shape index (κ3) is 4.91. The average Bonchev–Trinajstić information content (AvgIpc) is 3.25. The zero-order valence-corrected chi connectivity index (χ0v) is 21.2. The molecule has 0 radical (unpaired) electrons. The second-order valence-corrected chi connectivity index (χ2v) is 10.6. The molecule has 35 heavy (non-hydrogen) atoms. The Balaban J connectivity index is 1.36. The van der Waals surface area contributed by atoms with E-state index in [9.17, 15) is 8.42 Å². The SMILES string of the molecule is Cc1ccccc1-c1cc(NCc2ccc(NS(=O)(=O)c3ccccc3)cc2)n2ncc(Br)c2n1. The number of hydrogen-bond acceptors (Lipinski definition) is 5. The average molecular weight is 548 g/mol. The van der Waals surface area contributed by atoms with Crippen molar-refractivity contribution in [3.8, 4) is 11.3 Å². The van der Waals surface area contributed by atoms with Gasteiger partial charge in [-0.15, -0.1) is 0 Å². The van der Waals surface area contributed by atoms with Gasteiger partial charge in [0.2, 0.25) is 0 Å². The number of anilines is 2. The van der Waals surface area contributed by atoms with Crippen LogP contribution >= 0.6 is 15.9 Å². The summed E-state index contributed by atoms with van der Waals surface area (Å²) in [5.41, 5.74) is 5.26. The summed E-state index contributed by atoms with van der Waals surface area (Å²) in [4.78, 5) is 5.02. The maximum atomic E-state index is 12.6. The molecule has 3 aromatic carbocycles. The molecule has 0 unspecified atom stereocenters. The van der Waals surface area contributed by atoms with Gasteiger partial charge in [-0.2, -0.15) is 9.61 Å². The molecule has 5 aromatic rings. The number of sulfonamides is 1. The van der Waals surface area contributed by atoms with Crippen LogP contribution in [-0.2, 0) is 16.6 Å². The maximum absolute atomic E-state index is 12.6. The summed E-state index contributed by atoms with van der Waals surface area (Å²) < 4.78 is 30.3. The standard InChI is InChI=1S/C26H22BrN5O2S/c1-18-7-5-6-10-22(18)24-15-25(32-26(30-24)23(27)17-29-32)28-16-19-11-13-20(14-12-19)31-35(33,34)21-8-3-2-4-9-21/h2-15,17,28,31H,16H2,1H3. The number of nitrogens with zero attached hydrogens (tertiary/aromatic N) is 3. The Morgan fingerprint density at radius 3 is 2.40 bits per heavy atom. The fourth-order valence-corrected chi connectivity index (χ4v) is 5.19. The van der Waals surface area contributed by atoms with E-state index >= 15 is 0 Å². The van der Waals surface area contributed by atoms with Crippen molar-refractivity contribution < 1.29 is 8.42 Å². The third-order valence-electron chi connectivity index (χ3n) is 5.58. The van der Waals surface area contributed by atoms with Gasteiger partial charge >= 0.3 is 0 Å². The summed E-state index contributed by atoms with van der Waals surface area (Å²) in [6, 6.07) is 25.7. The molecule has 9 heteroatoms. The molecule has 2 aromatic heterocycles. The van der Waals surface area contributed by atoms with E-state index in [1.54, 1.807) is 53.2 Å². The number of aromatic nitrogens is 3. The van der Waals surface area contributed by atoms with E-state index < -0.39 is 10.0 Å². The van der Waals surface area contributed by atoms with E-state index in [2.05, 4.69) is 50.1 Å². The molecule has 5 rings (SSSR count). The lowest BCUT2D eigenvalue weighted by atomic mass is 10.1. The van der Waals surface area contributed by atoms with Gasteiger partial charge in [0.05, 0.1) is 21.3 Å². The molecule has 0 amide bonds. The van der Waals surface area contributed by atoms with Crippen molar-refractivity contribution in [3.05, 3.63) is 107 Å². The van der Waals surface area contributed by atoms with Crippen LogP contribution in [0.3, 0.4) is 0 Å². The van der Waals surface area contributed by atoms with Gasteiger partial charge in [0.15, 0.2) is 5.65 Å². The Labute approximate surface area is 212 Å². The Hall–Kier alpha value is -3.69. The first-order valence-electron chi connectivity index (χ1n) is 10.9. The minimum atomic E-state index is -3.63. The second kappa shape index (κ2) is 9.52. The van der Waals surface area contributed by atoms with E-state index in [1.165, 1.54) is 0 Å². The lowest BCUT2D eigenvalue weighted by molar-refractivity contribution is 0.601. The highest BCUT2D eigenvalue weighted by Crippen LogP contribution is 2.28. The molecule has 7 nitrogen and oxygen atoms in total. The summed E-state index contributed by atoms with van der Waals surface area (Å²) in [5, 5.41) is 7.88. The smallest absolute Gasteiger partial charge is 0.261 e. The Morgan fingerprint density at radius 1 is 0.943 bits per heavy atom. The first-order chi connectivity index (χ1) is 16.9. The molecule has 0 aliphatic carbocycles. The van der Waals surface area contributed by atoms with Crippen LogP contribution in [-0.4, -0.2) is 23.0 Å². The van der Waals surface area contributed by atoms with Crippen LogP contribution in [0.2, 0.25) is 0 Å². The molecule has 0 bridgehead atoms. The predicted molar refractivity (Wildman–Crippen MR) is 142 cm³/mol. The van der Waals surface area contributed by atoms with Crippen LogP contribution < -0.4 is 10.0 Å². The molecule has 0 aliphatic heterocycles. The molecule has 176 valence electrons. The molecule has 0 fully saturated rings. The van der Waals surface area contributed by atoms with Gasteiger partial charge in [0.25, 0.3) is 10.0 Å². The Kier molecular flexibility index (Phi) is 6.27. The monoisotopic (exact) mass is 547 g/mol.